The Morgan fingerprint density at radius 1 is 1.38 bits per heavy atom. The quantitative estimate of drug-likeness (QED) is 0.890. The Bertz CT molecular complexity index is 745. The number of ether oxygens (including phenoxy) is 1. The number of carbonyl (C=O) groups is 1. The minimum atomic E-state index is -4.80. The number of carboxylic acid groups (broad SMARTS) is 1. The predicted molar refractivity (Wildman–Crippen MR) is 77.4 cm³/mol. The highest BCUT2D eigenvalue weighted by molar-refractivity contribution is 5.68. The second-order valence-corrected chi connectivity index (χ2v) is 5.39. The molecule has 0 aliphatic carbocycles. The second-order valence-electron chi connectivity index (χ2n) is 5.39. The van der Waals surface area contributed by atoms with Crippen LogP contribution in [0, 0.1) is 0 Å². The number of rotatable bonds is 3. The Kier molecular flexibility index (Phi) is 4.08. The van der Waals surface area contributed by atoms with Gasteiger partial charge in [0.05, 0.1) is 17.4 Å². The molecule has 2 N–H and O–H groups in total. The number of alkyl halides is 3. The van der Waals surface area contributed by atoms with Crippen molar-refractivity contribution in [2.24, 2.45) is 0 Å². The molecule has 128 valence electrons. The number of aromatic nitrogens is 2. The number of hydrogen-bond acceptors (Lipinski definition) is 3. The molecule has 24 heavy (non-hydrogen) atoms. The van der Waals surface area contributed by atoms with E-state index in [4.69, 9.17) is 0 Å². The van der Waals surface area contributed by atoms with Crippen LogP contribution in [-0.4, -0.2) is 39.2 Å². The summed E-state index contributed by atoms with van der Waals surface area (Å²) in [7, 11) is 0. The fraction of sp³-hybridized carbons (Fsp3) is 0.333. The van der Waals surface area contributed by atoms with E-state index in [1.807, 2.05) is 0 Å². The van der Waals surface area contributed by atoms with Gasteiger partial charge in [-0.15, -0.1) is 13.2 Å². The zero-order valence-electron chi connectivity index (χ0n) is 12.4. The third-order valence-corrected chi connectivity index (χ3v) is 3.84. The summed E-state index contributed by atoms with van der Waals surface area (Å²) < 4.78 is 41.5. The van der Waals surface area contributed by atoms with Crippen LogP contribution in [-0.2, 0) is 0 Å². The lowest BCUT2D eigenvalue weighted by Crippen LogP contribution is -2.28. The SMILES string of the molecule is O=C(O)N1CCCC1c1cc(-c2ccccc2OC(F)(F)F)n[nH]1. The minimum absolute atomic E-state index is 0.178. The Morgan fingerprint density at radius 3 is 2.83 bits per heavy atom. The number of nitrogens with one attached hydrogen (secondary N) is 1. The molecule has 2 aromatic rings. The average Bonchev–Trinajstić information content (AvgIpc) is 3.15. The van der Waals surface area contributed by atoms with Crippen LogP contribution in [0.3, 0.4) is 0 Å². The smallest absolute Gasteiger partial charge is 0.465 e. The zero-order chi connectivity index (χ0) is 17.3. The van der Waals surface area contributed by atoms with E-state index >= 15 is 0 Å². The van der Waals surface area contributed by atoms with Crippen molar-refractivity contribution in [3.63, 3.8) is 0 Å². The van der Waals surface area contributed by atoms with Crippen LogP contribution in [0.5, 0.6) is 5.75 Å². The molecule has 1 unspecified atom stereocenters. The number of para-hydroxylation sites is 1. The molecule has 1 aliphatic rings. The van der Waals surface area contributed by atoms with E-state index in [1.165, 1.54) is 23.1 Å². The van der Waals surface area contributed by atoms with Crippen LogP contribution in [0.1, 0.15) is 24.6 Å². The van der Waals surface area contributed by atoms with Crippen molar-refractivity contribution in [1.82, 2.24) is 15.1 Å². The summed E-state index contributed by atoms with van der Waals surface area (Å²) in [6.45, 7) is 0.419. The summed E-state index contributed by atoms with van der Waals surface area (Å²) in [5.74, 6) is -0.357. The highest BCUT2D eigenvalue weighted by atomic mass is 19.4. The molecular formula is C15H14F3N3O3. The molecule has 1 atom stereocenters. The Balaban J connectivity index is 1.90. The van der Waals surface area contributed by atoms with Crippen LogP contribution in [0.25, 0.3) is 11.3 Å². The van der Waals surface area contributed by atoms with Crippen LogP contribution in [0.4, 0.5) is 18.0 Å². The van der Waals surface area contributed by atoms with Gasteiger partial charge in [-0.05, 0) is 31.0 Å². The Morgan fingerprint density at radius 2 is 2.12 bits per heavy atom. The second kappa shape index (κ2) is 6.06. The maximum atomic E-state index is 12.5. The first-order valence-electron chi connectivity index (χ1n) is 7.25. The number of halogens is 3. The van der Waals surface area contributed by atoms with Gasteiger partial charge in [-0.2, -0.15) is 5.10 Å². The number of likely N-dealkylation sites (tertiary alicyclic amines) is 1. The van der Waals surface area contributed by atoms with E-state index in [9.17, 15) is 23.1 Å². The molecular weight excluding hydrogens is 327 g/mol. The lowest BCUT2D eigenvalue weighted by atomic mass is 10.1. The van der Waals surface area contributed by atoms with Crippen LogP contribution < -0.4 is 4.74 Å². The molecule has 1 amide bonds. The zero-order valence-corrected chi connectivity index (χ0v) is 12.4. The summed E-state index contributed by atoms with van der Waals surface area (Å²) >= 11 is 0. The first-order chi connectivity index (χ1) is 11.3. The van der Waals surface area contributed by atoms with Gasteiger partial charge in [0.2, 0.25) is 0 Å². The highest BCUT2D eigenvalue weighted by Gasteiger charge is 2.33. The van der Waals surface area contributed by atoms with Gasteiger partial charge in [0.15, 0.2) is 0 Å². The van der Waals surface area contributed by atoms with E-state index in [-0.39, 0.29) is 23.0 Å². The summed E-state index contributed by atoms with van der Waals surface area (Å²) in [5.41, 5.74) is 0.992. The lowest BCUT2D eigenvalue weighted by molar-refractivity contribution is -0.274. The Labute approximate surface area is 134 Å². The summed E-state index contributed by atoms with van der Waals surface area (Å²) in [5, 5.41) is 15.9. The predicted octanol–water partition coefficient (Wildman–Crippen LogP) is 3.79. The van der Waals surface area contributed by atoms with Gasteiger partial charge >= 0.3 is 12.5 Å². The third kappa shape index (κ3) is 3.29. The number of amides is 1. The molecule has 2 heterocycles. The third-order valence-electron chi connectivity index (χ3n) is 3.84. The van der Waals surface area contributed by atoms with Crippen molar-refractivity contribution in [2.45, 2.75) is 25.2 Å². The number of H-pyrrole nitrogens is 1. The molecule has 3 rings (SSSR count). The number of nitrogens with zero attached hydrogens (tertiary/aromatic N) is 2. The average molecular weight is 341 g/mol. The topological polar surface area (TPSA) is 78.4 Å². The number of benzene rings is 1. The van der Waals surface area contributed by atoms with Crippen LogP contribution in [0.15, 0.2) is 30.3 Å². The fourth-order valence-corrected chi connectivity index (χ4v) is 2.86. The van der Waals surface area contributed by atoms with Gasteiger partial charge in [0.1, 0.15) is 5.75 Å². The molecule has 0 bridgehead atoms. The van der Waals surface area contributed by atoms with E-state index in [2.05, 4.69) is 14.9 Å². The first kappa shape index (κ1) is 16.2. The van der Waals surface area contributed by atoms with Crippen LogP contribution in [0.2, 0.25) is 0 Å². The molecule has 0 spiro atoms. The van der Waals surface area contributed by atoms with Crippen LogP contribution >= 0.6 is 0 Å². The lowest BCUT2D eigenvalue weighted by Gasteiger charge is -2.19. The molecule has 1 saturated heterocycles. The molecule has 1 aromatic carbocycles. The van der Waals surface area contributed by atoms with Gasteiger partial charge in [0.25, 0.3) is 0 Å². The van der Waals surface area contributed by atoms with E-state index in [1.54, 1.807) is 12.1 Å². The van der Waals surface area contributed by atoms with Crippen molar-refractivity contribution in [2.75, 3.05) is 6.54 Å². The molecule has 0 radical (unpaired) electrons. The molecule has 6 nitrogen and oxygen atoms in total. The van der Waals surface area contributed by atoms with E-state index in [0.29, 0.717) is 18.7 Å². The van der Waals surface area contributed by atoms with E-state index in [0.717, 1.165) is 6.42 Å². The fourth-order valence-electron chi connectivity index (χ4n) is 2.86. The monoisotopic (exact) mass is 341 g/mol. The molecule has 9 heteroatoms. The van der Waals surface area contributed by atoms with Crippen molar-refractivity contribution < 1.29 is 27.8 Å². The number of hydrogen-bond donors (Lipinski definition) is 2. The normalized spacial score (nSPS) is 18.0. The summed E-state index contributed by atoms with van der Waals surface area (Å²) in [4.78, 5) is 12.5. The summed E-state index contributed by atoms with van der Waals surface area (Å²) in [6.07, 6.45) is -4.48. The van der Waals surface area contributed by atoms with Gasteiger partial charge < -0.3 is 9.84 Å². The molecule has 1 aliphatic heterocycles. The van der Waals surface area contributed by atoms with Gasteiger partial charge in [-0.3, -0.25) is 10.00 Å². The standard InChI is InChI=1S/C15H14F3N3O3/c16-15(17,18)24-13-6-2-1-4-9(13)10-8-11(20-19-10)12-5-3-7-21(12)14(22)23/h1-2,4,6,8,12H,3,5,7H2,(H,19,20)(H,22,23). The summed E-state index contributed by atoms with van der Waals surface area (Å²) in [6, 6.07) is 6.86. The van der Waals surface area contributed by atoms with Crippen molar-refractivity contribution in [1.29, 1.82) is 0 Å². The van der Waals surface area contributed by atoms with Crippen molar-refractivity contribution in [3.8, 4) is 17.0 Å². The van der Waals surface area contributed by atoms with E-state index < -0.39 is 12.5 Å². The van der Waals surface area contributed by atoms with Gasteiger partial charge in [-0.25, -0.2) is 4.79 Å². The molecule has 1 aromatic heterocycles. The largest absolute Gasteiger partial charge is 0.573 e. The molecule has 0 saturated carbocycles. The first-order valence-corrected chi connectivity index (χ1v) is 7.25. The highest BCUT2D eigenvalue weighted by Crippen LogP contribution is 2.36. The maximum absolute atomic E-state index is 12.5. The minimum Gasteiger partial charge on any atom is -0.465 e. The van der Waals surface area contributed by atoms with Crippen molar-refractivity contribution in [3.05, 3.63) is 36.0 Å². The molecule has 1 fully saturated rings. The van der Waals surface area contributed by atoms with Gasteiger partial charge in [0, 0.05) is 12.1 Å². The van der Waals surface area contributed by atoms with Gasteiger partial charge in [-0.1, -0.05) is 12.1 Å². The number of aromatic amines is 1. The van der Waals surface area contributed by atoms with Crippen molar-refractivity contribution >= 4 is 6.09 Å². The Hall–Kier alpha value is -2.71. The maximum Gasteiger partial charge on any atom is 0.573 e.